The molecule has 1 aliphatic heterocycles. The zero-order chi connectivity index (χ0) is 11.1. The minimum atomic E-state index is 0.399. The summed E-state index contributed by atoms with van der Waals surface area (Å²) in [5.74, 6) is 1.22. The van der Waals surface area contributed by atoms with E-state index < -0.39 is 0 Å². The van der Waals surface area contributed by atoms with Crippen LogP contribution in [0.2, 0.25) is 0 Å². The zero-order valence-corrected chi connectivity index (χ0v) is 11.2. The maximum atomic E-state index is 2.28. The summed E-state index contributed by atoms with van der Waals surface area (Å²) in [4.78, 5) is 0. The van der Waals surface area contributed by atoms with E-state index in [1.54, 1.807) is 5.57 Å². The average Bonchev–Trinajstić information content (AvgIpc) is 2.73. The smallest absolute Gasteiger partial charge is 0.0264 e. The molecule has 1 aromatic carbocycles. The van der Waals surface area contributed by atoms with Crippen LogP contribution in [-0.4, -0.2) is 5.75 Å². The number of rotatable bonds is 0. The van der Waals surface area contributed by atoms with Gasteiger partial charge in [0.05, 0.1) is 0 Å². The third-order valence-corrected chi connectivity index (χ3v) is 4.10. The van der Waals surface area contributed by atoms with Gasteiger partial charge in [-0.2, -0.15) is 0 Å². The molecule has 0 fully saturated rings. The van der Waals surface area contributed by atoms with Gasteiger partial charge in [0.25, 0.3) is 0 Å². The Hall–Kier alpha value is -0.340. The Balaban J connectivity index is 0.000000162. The van der Waals surface area contributed by atoms with E-state index in [0.29, 0.717) is 5.41 Å². The third kappa shape index (κ3) is 5.33. The van der Waals surface area contributed by atoms with Crippen LogP contribution in [0, 0.1) is 5.41 Å². The summed E-state index contributed by atoms with van der Waals surface area (Å²) in [7, 11) is 3.80. The van der Waals surface area contributed by atoms with E-state index in [9.17, 15) is 0 Å². The van der Waals surface area contributed by atoms with Crippen molar-refractivity contribution >= 4 is 21.6 Å². The van der Waals surface area contributed by atoms with Gasteiger partial charge in [-0.15, -0.1) is 0 Å². The van der Waals surface area contributed by atoms with Crippen LogP contribution in [0.25, 0.3) is 0 Å². The van der Waals surface area contributed by atoms with Gasteiger partial charge in [-0.25, -0.2) is 0 Å². The van der Waals surface area contributed by atoms with Crippen LogP contribution in [-0.2, 0) is 0 Å². The SMILES string of the molecule is CC(C)(C)C1=CSSC1.c1ccccc1. The van der Waals surface area contributed by atoms with Gasteiger partial charge in [0, 0.05) is 5.75 Å². The Morgan fingerprint density at radius 1 is 0.933 bits per heavy atom. The molecule has 0 unspecified atom stereocenters. The summed E-state index contributed by atoms with van der Waals surface area (Å²) in [5.41, 5.74) is 1.98. The lowest BCUT2D eigenvalue weighted by Gasteiger charge is -2.18. The first-order valence-corrected chi connectivity index (χ1v) is 7.47. The molecule has 2 rings (SSSR count). The van der Waals surface area contributed by atoms with Gasteiger partial charge in [-0.1, -0.05) is 78.8 Å². The Bertz CT molecular complexity index is 269. The molecular formula is C13H18S2. The standard InChI is InChI=1S/C7H12S2.C6H6/c1-7(2,3)6-4-8-9-5-6;1-2-4-6-5-3-1/h4H,5H2,1-3H3;1-6H. The monoisotopic (exact) mass is 238 g/mol. The van der Waals surface area contributed by atoms with Crippen LogP contribution in [0.3, 0.4) is 0 Å². The van der Waals surface area contributed by atoms with E-state index in [1.807, 2.05) is 58.0 Å². The summed E-state index contributed by atoms with van der Waals surface area (Å²) in [6, 6.07) is 12.0. The van der Waals surface area contributed by atoms with Crippen molar-refractivity contribution in [2.75, 3.05) is 5.75 Å². The van der Waals surface area contributed by atoms with Crippen molar-refractivity contribution < 1.29 is 0 Å². The molecule has 0 bridgehead atoms. The molecular weight excluding hydrogens is 220 g/mol. The van der Waals surface area contributed by atoms with E-state index in [-0.39, 0.29) is 0 Å². The van der Waals surface area contributed by atoms with Gasteiger partial charge in [0.2, 0.25) is 0 Å². The molecule has 0 aliphatic carbocycles. The molecule has 1 aromatic rings. The average molecular weight is 238 g/mol. The molecule has 0 amide bonds. The van der Waals surface area contributed by atoms with Crippen LogP contribution in [0.15, 0.2) is 47.4 Å². The molecule has 0 radical (unpaired) electrons. The van der Waals surface area contributed by atoms with Crippen LogP contribution >= 0.6 is 21.6 Å². The molecule has 1 aliphatic rings. The van der Waals surface area contributed by atoms with E-state index >= 15 is 0 Å². The summed E-state index contributed by atoms with van der Waals surface area (Å²) in [5, 5.41) is 2.28. The van der Waals surface area contributed by atoms with E-state index in [1.165, 1.54) is 5.75 Å². The minimum absolute atomic E-state index is 0.399. The van der Waals surface area contributed by atoms with Crippen molar-refractivity contribution in [3.8, 4) is 0 Å². The fourth-order valence-corrected chi connectivity index (χ4v) is 3.58. The molecule has 0 saturated carbocycles. The highest BCUT2D eigenvalue weighted by atomic mass is 33.1. The molecule has 0 spiro atoms. The summed E-state index contributed by atoms with van der Waals surface area (Å²) < 4.78 is 0. The second kappa shape index (κ2) is 6.29. The fraction of sp³-hybridized carbons (Fsp3) is 0.385. The van der Waals surface area contributed by atoms with Crippen molar-refractivity contribution in [1.82, 2.24) is 0 Å². The van der Waals surface area contributed by atoms with Gasteiger partial charge in [-0.05, 0) is 16.4 Å². The van der Waals surface area contributed by atoms with Gasteiger partial charge in [-0.3, -0.25) is 0 Å². The molecule has 82 valence electrons. The van der Waals surface area contributed by atoms with Gasteiger partial charge in [0.15, 0.2) is 0 Å². The van der Waals surface area contributed by atoms with E-state index in [0.717, 1.165) is 0 Å². The Morgan fingerprint density at radius 2 is 1.40 bits per heavy atom. The van der Waals surface area contributed by atoms with Gasteiger partial charge >= 0.3 is 0 Å². The van der Waals surface area contributed by atoms with Crippen LogP contribution in [0.4, 0.5) is 0 Å². The largest absolute Gasteiger partial charge is 0.0850 e. The molecule has 0 N–H and O–H groups in total. The molecule has 1 heterocycles. The highest BCUT2D eigenvalue weighted by molar-refractivity contribution is 8.78. The predicted octanol–water partition coefficient (Wildman–Crippen LogP) is 5.00. The topological polar surface area (TPSA) is 0 Å². The van der Waals surface area contributed by atoms with Crippen molar-refractivity contribution in [3.05, 3.63) is 47.4 Å². The van der Waals surface area contributed by atoms with Crippen molar-refractivity contribution in [1.29, 1.82) is 0 Å². The van der Waals surface area contributed by atoms with Crippen LogP contribution in [0.1, 0.15) is 20.8 Å². The van der Waals surface area contributed by atoms with Crippen molar-refractivity contribution in [3.63, 3.8) is 0 Å². The van der Waals surface area contributed by atoms with E-state index in [2.05, 4.69) is 26.2 Å². The lowest BCUT2D eigenvalue weighted by Crippen LogP contribution is -2.08. The molecule has 0 saturated heterocycles. The predicted molar refractivity (Wildman–Crippen MR) is 74.0 cm³/mol. The summed E-state index contributed by atoms with van der Waals surface area (Å²) in [6.07, 6.45) is 0. The summed E-state index contributed by atoms with van der Waals surface area (Å²) in [6.45, 7) is 6.81. The number of hydrogen-bond donors (Lipinski definition) is 0. The summed E-state index contributed by atoms with van der Waals surface area (Å²) >= 11 is 0. The molecule has 0 atom stereocenters. The maximum Gasteiger partial charge on any atom is 0.0264 e. The van der Waals surface area contributed by atoms with Gasteiger partial charge < -0.3 is 0 Å². The zero-order valence-electron chi connectivity index (χ0n) is 9.57. The van der Waals surface area contributed by atoms with Crippen LogP contribution in [0.5, 0.6) is 0 Å². The highest BCUT2D eigenvalue weighted by Crippen LogP contribution is 2.41. The molecule has 15 heavy (non-hydrogen) atoms. The van der Waals surface area contributed by atoms with Crippen molar-refractivity contribution in [2.24, 2.45) is 5.41 Å². The fourth-order valence-electron chi connectivity index (χ4n) is 1.00. The highest BCUT2D eigenvalue weighted by Gasteiger charge is 2.19. The first kappa shape index (κ1) is 12.7. The maximum absolute atomic E-state index is 2.28. The third-order valence-electron chi connectivity index (χ3n) is 2.10. The lowest BCUT2D eigenvalue weighted by atomic mass is 9.89. The van der Waals surface area contributed by atoms with Crippen LogP contribution < -0.4 is 0 Å². The Kier molecular flexibility index (Phi) is 5.34. The van der Waals surface area contributed by atoms with Gasteiger partial charge in [0.1, 0.15) is 0 Å². The van der Waals surface area contributed by atoms with E-state index in [4.69, 9.17) is 0 Å². The first-order valence-electron chi connectivity index (χ1n) is 5.08. The Morgan fingerprint density at radius 3 is 1.60 bits per heavy atom. The Labute approximate surface area is 101 Å². The first-order chi connectivity index (χ1) is 7.11. The lowest BCUT2D eigenvalue weighted by molar-refractivity contribution is 0.508. The quantitative estimate of drug-likeness (QED) is 0.583. The molecule has 2 heteroatoms. The number of hydrogen-bond acceptors (Lipinski definition) is 2. The second-order valence-corrected chi connectivity index (χ2v) is 6.64. The molecule has 0 nitrogen and oxygen atoms in total. The number of benzene rings is 1. The second-order valence-electron chi connectivity index (χ2n) is 4.41. The molecule has 0 aromatic heterocycles. The van der Waals surface area contributed by atoms with Crippen molar-refractivity contribution in [2.45, 2.75) is 20.8 Å². The minimum Gasteiger partial charge on any atom is -0.0850 e. The normalized spacial score (nSPS) is 15.3.